The largest absolute Gasteiger partial charge is 0.478 e. The van der Waals surface area contributed by atoms with Crippen LogP contribution in [0.2, 0.25) is 0 Å². The maximum Gasteiger partial charge on any atom is 0.337 e. The number of carboxylic acid groups (broad SMARTS) is 1. The molecule has 2 heterocycles. The second kappa shape index (κ2) is 5.05. The van der Waals surface area contributed by atoms with Gasteiger partial charge in [-0.2, -0.15) is 0 Å². The van der Waals surface area contributed by atoms with Crippen molar-refractivity contribution in [2.75, 3.05) is 0 Å². The van der Waals surface area contributed by atoms with Crippen molar-refractivity contribution in [2.24, 2.45) is 0 Å². The molecule has 0 aliphatic rings. The number of hydrogen-bond donors (Lipinski definition) is 1. The predicted octanol–water partition coefficient (Wildman–Crippen LogP) is 2.64. The van der Waals surface area contributed by atoms with Gasteiger partial charge in [0.15, 0.2) is 0 Å². The van der Waals surface area contributed by atoms with Crippen molar-refractivity contribution in [3.05, 3.63) is 47.4 Å². The van der Waals surface area contributed by atoms with Gasteiger partial charge >= 0.3 is 5.97 Å². The van der Waals surface area contributed by atoms with Gasteiger partial charge in [-0.05, 0) is 19.1 Å². The summed E-state index contributed by atoms with van der Waals surface area (Å²) in [5.74, 6) is 1.18. The number of carbonyl (C=O) groups is 1. The number of rotatable bonds is 4. The second-order valence-electron chi connectivity index (χ2n) is 4.81. The number of benzene rings is 1. The van der Waals surface area contributed by atoms with Crippen LogP contribution in [0.25, 0.3) is 11.0 Å². The molecule has 0 aliphatic heterocycles. The highest BCUT2D eigenvalue weighted by atomic mass is 16.4. The fraction of sp³-hybridized carbons (Fsp3) is 0.267. The van der Waals surface area contributed by atoms with Crippen LogP contribution in [0.5, 0.6) is 0 Å². The Kier molecular flexibility index (Phi) is 3.21. The van der Waals surface area contributed by atoms with Gasteiger partial charge in [0.05, 0.1) is 17.3 Å². The second-order valence-corrected chi connectivity index (χ2v) is 4.81. The lowest BCUT2D eigenvalue weighted by Crippen LogP contribution is -2.04. The van der Waals surface area contributed by atoms with Gasteiger partial charge in [0.25, 0.3) is 0 Å². The minimum Gasteiger partial charge on any atom is -0.478 e. The molecule has 3 rings (SSSR count). The van der Waals surface area contributed by atoms with Gasteiger partial charge in [-0.1, -0.05) is 13.0 Å². The number of fused-ring (bicyclic) bond motifs is 1. The van der Waals surface area contributed by atoms with E-state index >= 15 is 0 Å². The topological polar surface area (TPSA) is 81.1 Å². The molecule has 2 aromatic heterocycles. The lowest BCUT2D eigenvalue weighted by Gasteiger charge is -2.05. The minimum atomic E-state index is -0.972. The van der Waals surface area contributed by atoms with Gasteiger partial charge in [-0.15, -0.1) is 0 Å². The van der Waals surface area contributed by atoms with Gasteiger partial charge in [0.1, 0.15) is 23.6 Å². The van der Waals surface area contributed by atoms with Crippen LogP contribution in [0, 0.1) is 6.92 Å². The summed E-state index contributed by atoms with van der Waals surface area (Å²) < 4.78 is 7.46. The zero-order valence-corrected chi connectivity index (χ0v) is 11.8. The number of imidazole rings is 1. The molecule has 1 aromatic carbocycles. The lowest BCUT2D eigenvalue weighted by molar-refractivity contribution is 0.0699. The number of nitrogens with zero attached hydrogens (tertiary/aromatic N) is 3. The molecule has 0 spiro atoms. The first-order valence-electron chi connectivity index (χ1n) is 6.73. The highest BCUT2D eigenvalue weighted by molar-refractivity contribution is 6.01. The van der Waals surface area contributed by atoms with Crippen molar-refractivity contribution in [3.63, 3.8) is 0 Å². The molecular weight excluding hydrogens is 270 g/mol. The van der Waals surface area contributed by atoms with Crippen LogP contribution in [-0.4, -0.2) is 25.6 Å². The molecule has 0 saturated heterocycles. The molecule has 1 N–H and O–H groups in total. The molecule has 108 valence electrons. The number of aromatic carboxylic acids is 1. The van der Waals surface area contributed by atoms with E-state index in [1.807, 2.05) is 24.5 Å². The summed E-state index contributed by atoms with van der Waals surface area (Å²) in [7, 11) is 0. The van der Waals surface area contributed by atoms with E-state index in [0.717, 1.165) is 17.1 Å². The van der Waals surface area contributed by atoms with E-state index in [1.165, 1.54) is 0 Å². The first-order valence-corrected chi connectivity index (χ1v) is 6.73. The monoisotopic (exact) mass is 285 g/mol. The minimum absolute atomic E-state index is 0.213. The van der Waals surface area contributed by atoms with Crippen LogP contribution in [0.1, 0.15) is 34.8 Å². The third-order valence-corrected chi connectivity index (χ3v) is 3.37. The number of oxazole rings is 1. The Morgan fingerprint density at radius 3 is 2.86 bits per heavy atom. The van der Waals surface area contributed by atoms with E-state index < -0.39 is 5.97 Å². The van der Waals surface area contributed by atoms with Gasteiger partial charge in [0, 0.05) is 6.42 Å². The quantitative estimate of drug-likeness (QED) is 0.797. The average Bonchev–Trinajstić information content (AvgIpc) is 3.03. The lowest BCUT2D eigenvalue weighted by atomic mass is 10.2. The maximum atomic E-state index is 11.3. The van der Waals surface area contributed by atoms with Crippen molar-refractivity contribution in [1.82, 2.24) is 14.5 Å². The fourth-order valence-electron chi connectivity index (χ4n) is 2.42. The smallest absolute Gasteiger partial charge is 0.337 e. The molecule has 6 heteroatoms. The molecule has 0 saturated carbocycles. The molecule has 0 fully saturated rings. The average molecular weight is 285 g/mol. The Morgan fingerprint density at radius 2 is 2.24 bits per heavy atom. The molecule has 0 radical (unpaired) electrons. The summed E-state index contributed by atoms with van der Waals surface area (Å²) in [6.07, 6.45) is 2.37. The van der Waals surface area contributed by atoms with E-state index in [-0.39, 0.29) is 5.56 Å². The van der Waals surface area contributed by atoms with E-state index in [2.05, 4.69) is 9.97 Å². The number of para-hydroxylation sites is 1. The third kappa shape index (κ3) is 2.29. The zero-order valence-electron chi connectivity index (χ0n) is 11.8. The van der Waals surface area contributed by atoms with Gasteiger partial charge in [-0.25, -0.2) is 14.8 Å². The summed E-state index contributed by atoms with van der Waals surface area (Å²) in [6, 6.07) is 5.16. The molecule has 6 nitrogen and oxygen atoms in total. The molecule has 3 aromatic rings. The van der Waals surface area contributed by atoms with Crippen LogP contribution in [0.3, 0.4) is 0 Å². The van der Waals surface area contributed by atoms with Crippen molar-refractivity contribution in [3.8, 4) is 0 Å². The molecule has 0 atom stereocenters. The molecule has 21 heavy (non-hydrogen) atoms. The highest BCUT2D eigenvalue weighted by Gasteiger charge is 2.17. The van der Waals surface area contributed by atoms with Crippen LogP contribution in [0.4, 0.5) is 0 Å². The van der Waals surface area contributed by atoms with Crippen molar-refractivity contribution >= 4 is 17.0 Å². The Balaban J connectivity index is 2.16. The van der Waals surface area contributed by atoms with Gasteiger partial charge in [-0.3, -0.25) is 0 Å². The number of aromatic nitrogens is 3. The molecule has 0 bridgehead atoms. The molecule has 0 unspecified atom stereocenters. The van der Waals surface area contributed by atoms with Crippen molar-refractivity contribution in [1.29, 1.82) is 0 Å². The summed E-state index contributed by atoms with van der Waals surface area (Å²) in [5, 5.41) is 9.27. The number of aryl methyl sites for hydroxylation is 2. The van der Waals surface area contributed by atoms with Crippen molar-refractivity contribution < 1.29 is 14.3 Å². The van der Waals surface area contributed by atoms with Crippen LogP contribution in [-0.2, 0) is 13.0 Å². The number of hydrogen-bond acceptors (Lipinski definition) is 4. The van der Waals surface area contributed by atoms with Gasteiger partial charge < -0.3 is 14.1 Å². The molecule has 0 aliphatic carbocycles. The normalized spacial score (nSPS) is 11.1. The first-order chi connectivity index (χ1) is 10.1. The summed E-state index contributed by atoms with van der Waals surface area (Å²) in [4.78, 5) is 20.0. The zero-order chi connectivity index (χ0) is 15.0. The Labute approximate surface area is 121 Å². The Hall–Kier alpha value is -2.63. The predicted molar refractivity (Wildman–Crippen MR) is 76.4 cm³/mol. The van der Waals surface area contributed by atoms with E-state index in [1.54, 1.807) is 18.3 Å². The maximum absolute atomic E-state index is 11.3. The number of carboxylic acids is 1. The molecular formula is C15H15N3O3. The van der Waals surface area contributed by atoms with Gasteiger partial charge in [0.2, 0.25) is 5.89 Å². The summed E-state index contributed by atoms with van der Waals surface area (Å²) in [6.45, 7) is 4.27. The molecule has 0 amide bonds. The van der Waals surface area contributed by atoms with Crippen LogP contribution in [0.15, 0.2) is 28.8 Å². The first kappa shape index (κ1) is 13.4. The van der Waals surface area contributed by atoms with Crippen LogP contribution < -0.4 is 0 Å². The van der Waals surface area contributed by atoms with Crippen molar-refractivity contribution in [2.45, 2.75) is 26.8 Å². The Bertz CT molecular complexity index is 817. The summed E-state index contributed by atoms with van der Waals surface area (Å²) >= 11 is 0. The summed E-state index contributed by atoms with van der Waals surface area (Å²) in [5.41, 5.74) is 1.50. The fourth-order valence-corrected chi connectivity index (χ4v) is 2.42. The van der Waals surface area contributed by atoms with E-state index in [9.17, 15) is 9.90 Å². The highest BCUT2D eigenvalue weighted by Crippen LogP contribution is 2.22. The third-order valence-electron chi connectivity index (χ3n) is 3.37. The SMILES string of the molecule is CCc1nc2c(C(=O)O)cccc2n1Cc1ncc(C)o1. The standard InChI is InChI=1S/C15H15N3O3/c1-3-12-17-14-10(15(19)20)5-4-6-11(14)18(12)8-13-16-7-9(2)21-13/h4-7H,3,8H2,1-2H3,(H,19,20). The Morgan fingerprint density at radius 1 is 1.43 bits per heavy atom. The van der Waals surface area contributed by atoms with E-state index in [4.69, 9.17) is 4.42 Å². The van der Waals surface area contributed by atoms with E-state index in [0.29, 0.717) is 24.4 Å². The van der Waals surface area contributed by atoms with Crippen LogP contribution >= 0.6 is 0 Å².